The van der Waals surface area contributed by atoms with E-state index in [2.05, 4.69) is 42.0 Å². The van der Waals surface area contributed by atoms with Crippen LogP contribution in [0.3, 0.4) is 0 Å². The third-order valence-electron chi connectivity index (χ3n) is 5.65. The Kier molecular flexibility index (Phi) is 4.58. The first-order valence-electron chi connectivity index (χ1n) is 9.32. The van der Waals surface area contributed by atoms with Crippen LogP contribution in [0.15, 0.2) is 60.7 Å². The summed E-state index contributed by atoms with van der Waals surface area (Å²) in [6.45, 7) is 2.19. The van der Waals surface area contributed by atoms with Gasteiger partial charge in [-0.15, -0.1) is 13.2 Å². The van der Waals surface area contributed by atoms with E-state index in [1.807, 2.05) is 6.07 Å². The molecule has 0 saturated carbocycles. The van der Waals surface area contributed by atoms with Gasteiger partial charge in [0.25, 0.3) is 0 Å². The van der Waals surface area contributed by atoms with Gasteiger partial charge in [0, 0.05) is 5.92 Å². The number of ether oxygens (including phenoxy) is 1. The van der Waals surface area contributed by atoms with Gasteiger partial charge in [-0.05, 0) is 58.4 Å². The molecule has 1 nitrogen and oxygen atoms in total. The van der Waals surface area contributed by atoms with Crippen molar-refractivity contribution in [3.05, 3.63) is 77.4 Å². The summed E-state index contributed by atoms with van der Waals surface area (Å²) < 4.78 is 41.3. The number of halogens is 3. The Morgan fingerprint density at radius 1 is 0.963 bits per heavy atom. The molecule has 0 heterocycles. The largest absolute Gasteiger partial charge is 0.573 e. The highest BCUT2D eigenvalue weighted by atomic mass is 19.4. The van der Waals surface area contributed by atoms with Gasteiger partial charge in [-0.25, -0.2) is 0 Å². The number of hydrogen-bond donors (Lipinski definition) is 0. The SMILES string of the molecule is CC[C@@H]1CCc2c(ccc3ccccc23)[C@H]1c1ccc(OC(F)(F)F)cc1. The van der Waals surface area contributed by atoms with Crippen LogP contribution in [0.4, 0.5) is 13.2 Å². The third kappa shape index (κ3) is 3.53. The summed E-state index contributed by atoms with van der Waals surface area (Å²) in [5.41, 5.74) is 3.72. The molecule has 0 bridgehead atoms. The summed E-state index contributed by atoms with van der Waals surface area (Å²) in [6, 6.07) is 19.1. The molecule has 27 heavy (non-hydrogen) atoms. The average molecular weight is 370 g/mol. The Bertz CT molecular complexity index is 944. The van der Waals surface area contributed by atoms with Gasteiger partial charge in [-0.2, -0.15) is 0 Å². The van der Waals surface area contributed by atoms with Crippen molar-refractivity contribution in [3.63, 3.8) is 0 Å². The van der Waals surface area contributed by atoms with E-state index >= 15 is 0 Å². The van der Waals surface area contributed by atoms with Crippen LogP contribution in [0.5, 0.6) is 5.75 Å². The zero-order valence-electron chi connectivity index (χ0n) is 15.1. The van der Waals surface area contributed by atoms with Gasteiger partial charge in [-0.3, -0.25) is 0 Å². The molecule has 2 atom stereocenters. The van der Waals surface area contributed by atoms with Gasteiger partial charge in [0.1, 0.15) is 5.75 Å². The van der Waals surface area contributed by atoms with Gasteiger partial charge in [-0.1, -0.05) is 61.9 Å². The third-order valence-corrected chi connectivity index (χ3v) is 5.65. The zero-order valence-corrected chi connectivity index (χ0v) is 15.1. The average Bonchev–Trinajstić information content (AvgIpc) is 2.66. The van der Waals surface area contributed by atoms with Crippen molar-refractivity contribution in [2.24, 2.45) is 5.92 Å². The number of benzene rings is 3. The smallest absolute Gasteiger partial charge is 0.406 e. The van der Waals surface area contributed by atoms with Gasteiger partial charge in [0.05, 0.1) is 0 Å². The van der Waals surface area contributed by atoms with Crippen LogP contribution in [0.25, 0.3) is 10.8 Å². The maximum absolute atomic E-state index is 12.4. The summed E-state index contributed by atoms with van der Waals surface area (Å²) >= 11 is 0. The Hall–Kier alpha value is -2.49. The van der Waals surface area contributed by atoms with Crippen LogP contribution in [-0.2, 0) is 6.42 Å². The van der Waals surface area contributed by atoms with Crippen molar-refractivity contribution in [1.82, 2.24) is 0 Å². The Labute approximate surface area is 156 Å². The molecule has 0 spiro atoms. The molecule has 0 fully saturated rings. The van der Waals surface area contributed by atoms with Gasteiger partial charge in [0.15, 0.2) is 0 Å². The molecule has 3 aromatic carbocycles. The molecule has 140 valence electrons. The lowest BCUT2D eigenvalue weighted by Crippen LogP contribution is -2.22. The number of rotatable bonds is 3. The van der Waals surface area contributed by atoms with Crippen molar-refractivity contribution in [1.29, 1.82) is 0 Å². The number of alkyl halides is 3. The van der Waals surface area contributed by atoms with E-state index in [0.717, 1.165) is 24.8 Å². The van der Waals surface area contributed by atoms with Gasteiger partial charge >= 0.3 is 6.36 Å². The van der Waals surface area contributed by atoms with Crippen molar-refractivity contribution in [3.8, 4) is 5.75 Å². The summed E-state index contributed by atoms with van der Waals surface area (Å²) in [4.78, 5) is 0. The maximum atomic E-state index is 12.4. The lowest BCUT2D eigenvalue weighted by molar-refractivity contribution is -0.274. The molecule has 0 saturated heterocycles. The molecule has 0 N–H and O–H groups in total. The standard InChI is InChI=1S/C23H21F3O/c1-2-15-9-13-20-19-6-4-3-5-16(19)10-14-21(20)22(15)17-7-11-18(12-8-17)27-23(24,25)26/h3-8,10-12,14-15,22H,2,9,13H2,1H3/t15-,22-/m1/s1. The number of hydrogen-bond acceptors (Lipinski definition) is 1. The Morgan fingerprint density at radius 3 is 2.41 bits per heavy atom. The minimum Gasteiger partial charge on any atom is -0.406 e. The normalized spacial score (nSPS) is 19.7. The molecule has 1 aliphatic carbocycles. The Morgan fingerprint density at radius 2 is 1.70 bits per heavy atom. The molecule has 1 aliphatic rings. The highest BCUT2D eigenvalue weighted by molar-refractivity contribution is 5.87. The van der Waals surface area contributed by atoms with E-state index in [4.69, 9.17) is 0 Å². The summed E-state index contributed by atoms with van der Waals surface area (Å²) in [6.07, 6.45) is -1.49. The van der Waals surface area contributed by atoms with E-state index in [0.29, 0.717) is 5.92 Å². The molecule has 0 unspecified atom stereocenters. The van der Waals surface area contributed by atoms with E-state index in [1.165, 1.54) is 34.0 Å². The highest BCUT2D eigenvalue weighted by Gasteiger charge is 2.32. The van der Waals surface area contributed by atoms with Crippen LogP contribution in [-0.4, -0.2) is 6.36 Å². The first-order valence-corrected chi connectivity index (χ1v) is 9.32. The highest BCUT2D eigenvalue weighted by Crippen LogP contribution is 2.44. The lowest BCUT2D eigenvalue weighted by Gasteiger charge is -2.34. The molecule has 3 aromatic rings. The molecule has 0 aromatic heterocycles. The first kappa shape index (κ1) is 17.9. The fraction of sp³-hybridized carbons (Fsp3) is 0.304. The second kappa shape index (κ2) is 6.91. The van der Waals surface area contributed by atoms with Crippen LogP contribution in [0.1, 0.15) is 42.4 Å². The molecule has 0 aliphatic heterocycles. The fourth-order valence-electron chi connectivity index (χ4n) is 4.44. The topological polar surface area (TPSA) is 9.23 Å². The summed E-state index contributed by atoms with van der Waals surface area (Å²) in [7, 11) is 0. The first-order chi connectivity index (χ1) is 13.0. The predicted octanol–water partition coefficient (Wildman–Crippen LogP) is 6.84. The number of aryl methyl sites for hydroxylation is 1. The molecule has 0 amide bonds. The molecule has 0 radical (unpaired) electrons. The van der Waals surface area contributed by atoms with E-state index < -0.39 is 6.36 Å². The summed E-state index contributed by atoms with van der Waals surface area (Å²) in [5, 5.41) is 2.52. The molecular weight excluding hydrogens is 349 g/mol. The van der Waals surface area contributed by atoms with E-state index in [-0.39, 0.29) is 11.7 Å². The van der Waals surface area contributed by atoms with Crippen LogP contribution in [0.2, 0.25) is 0 Å². The second-order valence-corrected chi connectivity index (χ2v) is 7.16. The van der Waals surface area contributed by atoms with Gasteiger partial charge in [0.2, 0.25) is 0 Å². The van der Waals surface area contributed by atoms with Gasteiger partial charge < -0.3 is 4.74 Å². The quantitative estimate of drug-likeness (QED) is 0.490. The predicted molar refractivity (Wildman–Crippen MR) is 101 cm³/mol. The van der Waals surface area contributed by atoms with E-state index in [1.54, 1.807) is 12.1 Å². The Balaban J connectivity index is 1.76. The van der Waals surface area contributed by atoms with Crippen molar-refractivity contribution in [2.45, 2.75) is 38.5 Å². The van der Waals surface area contributed by atoms with Crippen molar-refractivity contribution < 1.29 is 17.9 Å². The van der Waals surface area contributed by atoms with Crippen LogP contribution < -0.4 is 4.74 Å². The maximum Gasteiger partial charge on any atom is 0.573 e. The number of fused-ring (bicyclic) bond motifs is 3. The minimum absolute atomic E-state index is 0.172. The molecular formula is C23H21F3O. The monoisotopic (exact) mass is 370 g/mol. The molecule has 4 rings (SSSR count). The fourth-order valence-corrected chi connectivity index (χ4v) is 4.44. The van der Waals surface area contributed by atoms with Crippen molar-refractivity contribution >= 4 is 10.8 Å². The lowest BCUT2D eigenvalue weighted by atomic mass is 9.70. The zero-order chi connectivity index (χ0) is 19.0. The summed E-state index contributed by atoms with van der Waals surface area (Å²) in [5.74, 6) is 0.505. The van der Waals surface area contributed by atoms with Crippen LogP contribution in [0, 0.1) is 5.92 Å². The minimum atomic E-state index is -4.66. The van der Waals surface area contributed by atoms with Crippen LogP contribution >= 0.6 is 0 Å². The second-order valence-electron chi connectivity index (χ2n) is 7.16. The molecule has 4 heteroatoms. The van der Waals surface area contributed by atoms with E-state index in [9.17, 15) is 13.2 Å². The van der Waals surface area contributed by atoms with Crippen molar-refractivity contribution in [2.75, 3.05) is 0 Å².